The van der Waals surface area contributed by atoms with Crippen molar-refractivity contribution < 1.29 is 4.74 Å². The molecule has 18 heavy (non-hydrogen) atoms. The van der Waals surface area contributed by atoms with Gasteiger partial charge in [-0.15, -0.1) is 0 Å². The summed E-state index contributed by atoms with van der Waals surface area (Å²) < 4.78 is 7.51. The van der Waals surface area contributed by atoms with Crippen LogP contribution in [0.2, 0.25) is 0 Å². The second kappa shape index (κ2) is 4.32. The maximum atomic E-state index is 5.93. The number of fused-ring (bicyclic) bond motifs is 1. The summed E-state index contributed by atoms with van der Waals surface area (Å²) in [5.41, 5.74) is 9.72. The van der Waals surface area contributed by atoms with Gasteiger partial charge in [-0.2, -0.15) is 0 Å². The molecule has 2 aromatic rings. The standard InChI is InChI=1S/C15H22N2O/c1-10-14(15(2,3)9-16)12-7-6-11(18-5)8-13(12)17(10)4/h6-8H,9,16H2,1-5H3. The Labute approximate surface area is 109 Å². The summed E-state index contributed by atoms with van der Waals surface area (Å²) in [5, 5.41) is 1.27. The predicted octanol–water partition coefficient (Wildman–Crippen LogP) is 2.73. The van der Waals surface area contributed by atoms with Crippen molar-refractivity contribution in [2.45, 2.75) is 26.2 Å². The molecule has 2 rings (SSSR count). The number of nitrogens with two attached hydrogens (primary N) is 1. The van der Waals surface area contributed by atoms with Gasteiger partial charge >= 0.3 is 0 Å². The van der Waals surface area contributed by atoms with Gasteiger partial charge in [0.15, 0.2) is 0 Å². The van der Waals surface area contributed by atoms with Gasteiger partial charge in [-0.1, -0.05) is 13.8 Å². The highest BCUT2D eigenvalue weighted by atomic mass is 16.5. The average Bonchev–Trinajstić information content (AvgIpc) is 2.62. The number of hydrogen-bond acceptors (Lipinski definition) is 2. The van der Waals surface area contributed by atoms with Gasteiger partial charge in [0.25, 0.3) is 0 Å². The van der Waals surface area contributed by atoms with Crippen LogP contribution in [0.15, 0.2) is 18.2 Å². The second-order valence-electron chi connectivity index (χ2n) is 5.49. The number of benzene rings is 1. The maximum absolute atomic E-state index is 5.93. The molecule has 1 heterocycles. The Balaban J connectivity index is 2.79. The van der Waals surface area contributed by atoms with Gasteiger partial charge in [0, 0.05) is 36.2 Å². The van der Waals surface area contributed by atoms with Gasteiger partial charge in [0.1, 0.15) is 5.75 Å². The first-order valence-corrected chi connectivity index (χ1v) is 6.26. The largest absolute Gasteiger partial charge is 0.497 e. The summed E-state index contributed by atoms with van der Waals surface area (Å²) in [6, 6.07) is 6.23. The Kier molecular flexibility index (Phi) is 3.11. The van der Waals surface area contributed by atoms with Gasteiger partial charge < -0.3 is 15.0 Å². The molecular weight excluding hydrogens is 224 g/mol. The minimum atomic E-state index is -0.0157. The first-order valence-electron chi connectivity index (χ1n) is 6.26. The minimum Gasteiger partial charge on any atom is -0.497 e. The fraction of sp³-hybridized carbons (Fsp3) is 0.467. The van der Waals surface area contributed by atoms with E-state index in [1.54, 1.807) is 7.11 Å². The smallest absolute Gasteiger partial charge is 0.120 e. The van der Waals surface area contributed by atoms with E-state index in [2.05, 4.69) is 44.5 Å². The lowest BCUT2D eigenvalue weighted by atomic mass is 9.83. The first kappa shape index (κ1) is 13.0. The zero-order valence-electron chi connectivity index (χ0n) is 11.9. The number of rotatable bonds is 3. The zero-order chi connectivity index (χ0) is 13.5. The highest BCUT2D eigenvalue weighted by molar-refractivity contribution is 5.87. The van der Waals surface area contributed by atoms with Crippen LogP contribution >= 0.6 is 0 Å². The van der Waals surface area contributed by atoms with Crippen molar-refractivity contribution >= 4 is 10.9 Å². The highest BCUT2D eigenvalue weighted by Gasteiger charge is 2.26. The molecule has 3 heteroatoms. The molecule has 0 radical (unpaired) electrons. The molecule has 0 amide bonds. The molecular formula is C15H22N2O. The van der Waals surface area contributed by atoms with Crippen molar-refractivity contribution in [3.05, 3.63) is 29.5 Å². The molecule has 0 atom stereocenters. The van der Waals surface area contributed by atoms with E-state index in [4.69, 9.17) is 10.5 Å². The maximum Gasteiger partial charge on any atom is 0.120 e. The zero-order valence-corrected chi connectivity index (χ0v) is 11.9. The number of ether oxygens (including phenoxy) is 1. The molecule has 0 aliphatic rings. The van der Waals surface area contributed by atoms with E-state index in [0.29, 0.717) is 6.54 Å². The molecule has 0 spiro atoms. The van der Waals surface area contributed by atoms with Crippen molar-refractivity contribution in [3.8, 4) is 5.75 Å². The van der Waals surface area contributed by atoms with Crippen LogP contribution in [0.5, 0.6) is 5.75 Å². The van der Waals surface area contributed by atoms with Crippen molar-refractivity contribution in [2.24, 2.45) is 12.8 Å². The molecule has 98 valence electrons. The molecule has 3 nitrogen and oxygen atoms in total. The monoisotopic (exact) mass is 246 g/mol. The van der Waals surface area contributed by atoms with Gasteiger partial charge in [0.05, 0.1) is 12.6 Å². The van der Waals surface area contributed by atoms with Crippen molar-refractivity contribution in [1.29, 1.82) is 0 Å². The molecule has 1 aromatic carbocycles. The van der Waals surface area contributed by atoms with Gasteiger partial charge in [0.2, 0.25) is 0 Å². The van der Waals surface area contributed by atoms with E-state index in [9.17, 15) is 0 Å². The third-order valence-corrected chi connectivity index (χ3v) is 3.89. The Hall–Kier alpha value is -1.48. The van der Waals surface area contributed by atoms with E-state index < -0.39 is 0 Å². The fourth-order valence-electron chi connectivity index (χ4n) is 2.63. The molecule has 0 saturated carbocycles. The fourth-order valence-corrected chi connectivity index (χ4v) is 2.63. The van der Waals surface area contributed by atoms with Crippen molar-refractivity contribution in [1.82, 2.24) is 4.57 Å². The lowest BCUT2D eigenvalue weighted by Gasteiger charge is -2.23. The SMILES string of the molecule is COc1ccc2c(C(C)(C)CN)c(C)n(C)c2c1. The van der Waals surface area contributed by atoms with Crippen LogP contribution in [-0.2, 0) is 12.5 Å². The normalized spacial score (nSPS) is 12.1. The topological polar surface area (TPSA) is 40.2 Å². The molecule has 0 aliphatic heterocycles. The highest BCUT2D eigenvalue weighted by Crippen LogP contribution is 2.35. The van der Waals surface area contributed by atoms with Crippen molar-refractivity contribution in [3.63, 3.8) is 0 Å². The van der Waals surface area contributed by atoms with Gasteiger partial charge in [-0.25, -0.2) is 0 Å². The molecule has 0 bridgehead atoms. The van der Waals surface area contributed by atoms with Crippen LogP contribution in [0.1, 0.15) is 25.1 Å². The van der Waals surface area contributed by atoms with E-state index in [1.807, 2.05) is 6.07 Å². The van der Waals surface area contributed by atoms with E-state index >= 15 is 0 Å². The summed E-state index contributed by atoms with van der Waals surface area (Å²) in [7, 11) is 3.79. The summed E-state index contributed by atoms with van der Waals surface area (Å²) in [4.78, 5) is 0. The first-order chi connectivity index (χ1) is 8.42. The van der Waals surface area contributed by atoms with Crippen LogP contribution in [0.3, 0.4) is 0 Å². The van der Waals surface area contributed by atoms with Crippen LogP contribution in [0.25, 0.3) is 10.9 Å². The molecule has 0 unspecified atom stereocenters. The molecule has 0 fully saturated rings. The van der Waals surface area contributed by atoms with Gasteiger partial charge in [-0.05, 0) is 24.6 Å². The van der Waals surface area contributed by atoms with Gasteiger partial charge in [-0.3, -0.25) is 0 Å². The van der Waals surface area contributed by atoms with Crippen LogP contribution in [-0.4, -0.2) is 18.2 Å². The predicted molar refractivity (Wildman–Crippen MR) is 76.3 cm³/mol. The average molecular weight is 246 g/mol. The molecule has 0 saturated heterocycles. The lowest BCUT2D eigenvalue weighted by molar-refractivity contribution is 0.415. The van der Waals surface area contributed by atoms with Crippen LogP contribution in [0, 0.1) is 6.92 Å². The Morgan fingerprint density at radius 3 is 2.56 bits per heavy atom. The number of aryl methyl sites for hydroxylation is 1. The van der Waals surface area contributed by atoms with Crippen molar-refractivity contribution in [2.75, 3.05) is 13.7 Å². The summed E-state index contributed by atoms with van der Waals surface area (Å²) >= 11 is 0. The number of methoxy groups -OCH3 is 1. The Bertz CT molecular complexity index is 582. The quantitative estimate of drug-likeness (QED) is 0.904. The summed E-state index contributed by atoms with van der Waals surface area (Å²) in [6.07, 6.45) is 0. The second-order valence-corrected chi connectivity index (χ2v) is 5.49. The Morgan fingerprint density at radius 1 is 1.33 bits per heavy atom. The number of aromatic nitrogens is 1. The summed E-state index contributed by atoms with van der Waals surface area (Å²) in [6.45, 7) is 7.18. The number of nitrogens with zero attached hydrogens (tertiary/aromatic N) is 1. The molecule has 0 aliphatic carbocycles. The molecule has 2 N–H and O–H groups in total. The molecule has 1 aromatic heterocycles. The van der Waals surface area contributed by atoms with E-state index in [0.717, 1.165) is 5.75 Å². The minimum absolute atomic E-state index is 0.0157. The van der Waals surface area contributed by atoms with Crippen LogP contribution in [0.4, 0.5) is 0 Å². The third kappa shape index (κ3) is 1.79. The van der Waals surface area contributed by atoms with E-state index in [1.165, 1.54) is 22.2 Å². The van der Waals surface area contributed by atoms with E-state index in [-0.39, 0.29) is 5.41 Å². The third-order valence-electron chi connectivity index (χ3n) is 3.89. The van der Waals surface area contributed by atoms with Crippen LogP contribution < -0.4 is 10.5 Å². The number of hydrogen-bond donors (Lipinski definition) is 1. The lowest BCUT2D eigenvalue weighted by Crippen LogP contribution is -2.28. The Morgan fingerprint density at radius 2 is 2.00 bits per heavy atom. The summed E-state index contributed by atoms with van der Waals surface area (Å²) in [5.74, 6) is 0.889.